The molecule has 0 saturated carbocycles. The van der Waals surface area contributed by atoms with Gasteiger partial charge >= 0.3 is 0 Å². The number of hydrogen-bond donors (Lipinski definition) is 1. The highest BCUT2D eigenvalue weighted by atomic mass is 32.1. The molecule has 1 aliphatic rings. The van der Waals surface area contributed by atoms with Crippen molar-refractivity contribution in [2.45, 2.75) is 19.3 Å². The molecule has 2 heterocycles. The molecule has 2 aromatic rings. The van der Waals surface area contributed by atoms with E-state index in [0.29, 0.717) is 6.54 Å². The Labute approximate surface area is 150 Å². The number of anilines is 1. The smallest absolute Gasteiger partial charge is 0.269 e. The maximum atomic E-state index is 12.3. The number of carbonyl (C=O) groups is 1. The quantitative estimate of drug-likeness (QED) is 0.635. The van der Waals surface area contributed by atoms with Crippen LogP contribution in [-0.2, 0) is 11.2 Å². The van der Waals surface area contributed by atoms with E-state index in [1.165, 1.54) is 17.0 Å². The van der Waals surface area contributed by atoms with E-state index < -0.39 is 4.92 Å². The molecular formula is C18H21N3O3S. The van der Waals surface area contributed by atoms with Crippen molar-refractivity contribution in [2.24, 2.45) is 5.92 Å². The fourth-order valence-electron chi connectivity index (χ4n) is 3.09. The molecule has 1 saturated heterocycles. The summed E-state index contributed by atoms with van der Waals surface area (Å²) in [6.45, 7) is 2.27. The molecule has 25 heavy (non-hydrogen) atoms. The van der Waals surface area contributed by atoms with Crippen LogP contribution in [0.1, 0.15) is 17.7 Å². The van der Waals surface area contributed by atoms with Crippen molar-refractivity contribution in [3.63, 3.8) is 0 Å². The molecule has 1 aromatic carbocycles. The first-order valence-electron chi connectivity index (χ1n) is 8.43. The molecular weight excluding hydrogens is 338 g/mol. The minimum atomic E-state index is -0.392. The minimum absolute atomic E-state index is 0.0534. The van der Waals surface area contributed by atoms with Crippen molar-refractivity contribution in [1.82, 2.24) is 5.32 Å². The Morgan fingerprint density at radius 1 is 1.24 bits per heavy atom. The van der Waals surface area contributed by atoms with Gasteiger partial charge in [0, 0.05) is 48.2 Å². The number of nitrogens with one attached hydrogen (secondary N) is 1. The summed E-state index contributed by atoms with van der Waals surface area (Å²) in [5, 5.41) is 15.8. The Balaban J connectivity index is 1.44. The summed E-state index contributed by atoms with van der Waals surface area (Å²) >= 11 is 1.71. The number of nitro groups is 1. The molecule has 7 heteroatoms. The third-order valence-electron chi connectivity index (χ3n) is 4.54. The Bertz CT molecular complexity index is 708. The van der Waals surface area contributed by atoms with E-state index in [4.69, 9.17) is 0 Å². The summed E-state index contributed by atoms with van der Waals surface area (Å²) in [5.74, 6) is 0.192. The van der Waals surface area contributed by atoms with Gasteiger partial charge in [-0.25, -0.2) is 0 Å². The van der Waals surface area contributed by atoms with Gasteiger partial charge in [-0.3, -0.25) is 14.9 Å². The normalized spacial score (nSPS) is 15.1. The molecule has 0 radical (unpaired) electrons. The molecule has 0 aliphatic carbocycles. The van der Waals surface area contributed by atoms with Gasteiger partial charge in [-0.05, 0) is 42.8 Å². The number of nitrogens with zero attached hydrogens (tertiary/aromatic N) is 2. The molecule has 1 N–H and O–H groups in total. The predicted molar refractivity (Wildman–Crippen MR) is 99.1 cm³/mol. The van der Waals surface area contributed by atoms with Crippen LogP contribution in [0.2, 0.25) is 0 Å². The Morgan fingerprint density at radius 3 is 2.56 bits per heavy atom. The van der Waals surface area contributed by atoms with Crippen molar-refractivity contribution >= 4 is 28.6 Å². The van der Waals surface area contributed by atoms with E-state index in [2.05, 4.69) is 16.3 Å². The van der Waals surface area contributed by atoms with Gasteiger partial charge in [0.25, 0.3) is 5.69 Å². The van der Waals surface area contributed by atoms with Crippen molar-refractivity contribution in [1.29, 1.82) is 0 Å². The lowest BCUT2D eigenvalue weighted by molar-refractivity contribution is -0.384. The molecule has 132 valence electrons. The fraction of sp³-hybridized carbons (Fsp3) is 0.389. The lowest BCUT2D eigenvalue weighted by Gasteiger charge is -2.33. The predicted octanol–water partition coefficient (Wildman–Crippen LogP) is 3.23. The second-order valence-electron chi connectivity index (χ2n) is 6.16. The Hall–Kier alpha value is -2.41. The zero-order valence-corrected chi connectivity index (χ0v) is 14.7. The highest BCUT2D eigenvalue weighted by Crippen LogP contribution is 2.25. The van der Waals surface area contributed by atoms with Crippen molar-refractivity contribution in [3.8, 4) is 0 Å². The van der Waals surface area contributed by atoms with Crippen molar-refractivity contribution in [2.75, 3.05) is 24.5 Å². The maximum Gasteiger partial charge on any atom is 0.269 e. The number of rotatable bonds is 6. The van der Waals surface area contributed by atoms with E-state index in [0.717, 1.165) is 38.0 Å². The first-order valence-corrected chi connectivity index (χ1v) is 9.31. The lowest BCUT2D eigenvalue weighted by Crippen LogP contribution is -2.41. The molecule has 0 atom stereocenters. The molecule has 0 unspecified atom stereocenters. The maximum absolute atomic E-state index is 12.3. The summed E-state index contributed by atoms with van der Waals surface area (Å²) in [5.41, 5.74) is 1.07. The second kappa shape index (κ2) is 8.11. The van der Waals surface area contributed by atoms with Crippen LogP contribution in [0.3, 0.4) is 0 Å². The van der Waals surface area contributed by atoms with Crippen molar-refractivity contribution < 1.29 is 9.72 Å². The first-order chi connectivity index (χ1) is 12.1. The summed E-state index contributed by atoms with van der Waals surface area (Å²) in [4.78, 5) is 26.1. The van der Waals surface area contributed by atoms with Crippen LogP contribution in [0, 0.1) is 16.0 Å². The molecule has 1 aliphatic heterocycles. The van der Waals surface area contributed by atoms with E-state index in [1.54, 1.807) is 23.5 Å². The lowest BCUT2D eigenvalue weighted by atomic mass is 9.95. The summed E-state index contributed by atoms with van der Waals surface area (Å²) in [7, 11) is 0. The number of non-ortho nitro benzene ring substituents is 1. The van der Waals surface area contributed by atoms with Gasteiger partial charge < -0.3 is 10.2 Å². The van der Waals surface area contributed by atoms with Crippen molar-refractivity contribution in [3.05, 3.63) is 56.8 Å². The summed E-state index contributed by atoms with van der Waals surface area (Å²) in [6.07, 6.45) is 2.49. The van der Waals surface area contributed by atoms with Gasteiger partial charge in [0.15, 0.2) is 0 Å². The summed E-state index contributed by atoms with van der Waals surface area (Å²) < 4.78 is 0. The third-order valence-corrected chi connectivity index (χ3v) is 5.48. The molecule has 1 aromatic heterocycles. The first kappa shape index (κ1) is 17.4. The minimum Gasteiger partial charge on any atom is -0.371 e. The zero-order valence-electron chi connectivity index (χ0n) is 13.9. The van der Waals surface area contributed by atoms with E-state index >= 15 is 0 Å². The van der Waals surface area contributed by atoms with Crippen LogP contribution in [0.5, 0.6) is 0 Å². The number of piperidine rings is 1. The van der Waals surface area contributed by atoms with Crippen LogP contribution in [0.15, 0.2) is 41.8 Å². The molecule has 0 spiro atoms. The van der Waals surface area contributed by atoms with Gasteiger partial charge in [-0.15, -0.1) is 11.3 Å². The standard InChI is InChI=1S/C18H21N3O3S/c22-18(19-10-7-17-2-1-13-25-17)14-8-11-20(12-9-14)15-3-5-16(6-4-15)21(23)24/h1-6,13-14H,7-12H2,(H,19,22). The number of thiophene rings is 1. The summed E-state index contributed by atoms with van der Waals surface area (Å²) in [6, 6.07) is 10.7. The molecule has 1 fully saturated rings. The third kappa shape index (κ3) is 4.57. The van der Waals surface area contributed by atoms with E-state index in [9.17, 15) is 14.9 Å². The van der Waals surface area contributed by atoms with Crippen LogP contribution >= 0.6 is 11.3 Å². The van der Waals surface area contributed by atoms with Gasteiger partial charge in [0.2, 0.25) is 5.91 Å². The Morgan fingerprint density at radius 2 is 1.96 bits per heavy atom. The van der Waals surface area contributed by atoms with E-state index in [1.807, 2.05) is 11.4 Å². The van der Waals surface area contributed by atoms with Gasteiger partial charge in [-0.1, -0.05) is 6.07 Å². The average Bonchev–Trinajstić information content (AvgIpc) is 3.15. The average molecular weight is 359 g/mol. The molecule has 0 bridgehead atoms. The SMILES string of the molecule is O=C(NCCc1cccs1)C1CCN(c2ccc([N+](=O)[O-])cc2)CC1. The highest BCUT2D eigenvalue weighted by molar-refractivity contribution is 7.09. The largest absolute Gasteiger partial charge is 0.371 e. The number of amides is 1. The molecule has 1 amide bonds. The van der Waals surface area contributed by atoms with Crippen LogP contribution in [0.4, 0.5) is 11.4 Å². The number of nitro benzene ring substituents is 1. The number of hydrogen-bond acceptors (Lipinski definition) is 5. The number of benzene rings is 1. The van der Waals surface area contributed by atoms with Crippen LogP contribution in [-0.4, -0.2) is 30.5 Å². The van der Waals surface area contributed by atoms with Crippen LogP contribution in [0.25, 0.3) is 0 Å². The van der Waals surface area contributed by atoms with Gasteiger partial charge in [-0.2, -0.15) is 0 Å². The topological polar surface area (TPSA) is 75.5 Å². The number of carbonyl (C=O) groups excluding carboxylic acids is 1. The van der Waals surface area contributed by atoms with Gasteiger partial charge in [0.05, 0.1) is 4.92 Å². The molecule has 6 nitrogen and oxygen atoms in total. The van der Waals surface area contributed by atoms with Crippen LogP contribution < -0.4 is 10.2 Å². The van der Waals surface area contributed by atoms with E-state index in [-0.39, 0.29) is 17.5 Å². The van der Waals surface area contributed by atoms with Gasteiger partial charge in [0.1, 0.15) is 0 Å². The second-order valence-corrected chi connectivity index (χ2v) is 7.19. The highest BCUT2D eigenvalue weighted by Gasteiger charge is 2.25. The fourth-order valence-corrected chi connectivity index (χ4v) is 3.80. The molecule has 3 rings (SSSR count). The zero-order chi connectivity index (χ0) is 17.6. The Kier molecular flexibility index (Phi) is 5.65. The monoisotopic (exact) mass is 359 g/mol.